The largest absolute Gasteiger partial charge is 0.341 e. The van der Waals surface area contributed by atoms with Crippen molar-refractivity contribution >= 4 is 22.2 Å². The van der Waals surface area contributed by atoms with Crippen LogP contribution in [0.3, 0.4) is 0 Å². The monoisotopic (exact) mass is 271 g/mol. The van der Waals surface area contributed by atoms with Crippen LogP contribution >= 0.6 is 11.3 Å². The van der Waals surface area contributed by atoms with Crippen LogP contribution in [0.25, 0.3) is 10.9 Å². The minimum atomic E-state index is 0.844. The molecule has 0 radical (unpaired) electrons. The molecule has 1 N–H and O–H groups in total. The molecule has 0 fully saturated rings. The Bertz CT molecular complexity index is 696. The van der Waals surface area contributed by atoms with Gasteiger partial charge in [0.2, 0.25) is 0 Å². The van der Waals surface area contributed by atoms with E-state index in [9.17, 15) is 0 Å². The molecule has 1 aromatic carbocycles. The lowest BCUT2D eigenvalue weighted by Crippen LogP contribution is -2.05. The highest BCUT2D eigenvalue weighted by Gasteiger charge is 2.06. The minimum absolute atomic E-state index is 0.844. The SMILES string of the molecule is CNCc1cccc2c1ccn2Cc1csc(C)n1. The molecule has 0 atom stereocenters. The van der Waals surface area contributed by atoms with E-state index in [1.807, 2.05) is 14.0 Å². The van der Waals surface area contributed by atoms with Gasteiger partial charge in [-0.1, -0.05) is 12.1 Å². The average molecular weight is 271 g/mol. The molecule has 0 aliphatic rings. The zero-order valence-corrected chi connectivity index (χ0v) is 12.0. The van der Waals surface area contributed by atoms with E-state index in [1.165, 1.54) is 16.5 Å². The Labute approximate surface area is 116 Å². The van der Waals surface area contributed by atoms with Crippen LogP contribution in [0, 0.1) is 6.92 Å². The lowest BCUT2D eigenvalue weighted by molar-refractivity contribution is 0.809. The van der Waals surface area contributed by atoms with Crippen LogP contribution in [-0.2, 0) is 13.1 Å². The maximum Gasteiger partial charge on any atom is 0.0898 e. The maximum absolute atomic E-state index is 4.54. The summed E-state index contributed by atoms with van der Waals surface area (Å²) in [6, 6.07) is 8.67. The van der Waals surface area contributed by atoms with Gasteiger partial charge in [0.1, 0.15) is 0 Å². The van der Waals surface area contributed by atoms with Crippen molar-refractivity contribution in [1.29, 1.82) is 0 Å². The summed E-state index contributed by atoms with van der Waals surface area (Å²) in [5.41, 5.74) is 3.76. The molecule has 0 unspecified atom stereocenters. The lowest BCUT2D eigenvalue weighted by Gasteiger charge is -2.05. The van der Waals surface area contributed by atoms with Gasteiger partial charge in [-0.05, 0) is 31.7 Å². The summed E-state index contributed by atoms with van der Waals surface area (Å²) in [5.74, 6) is 0. The Morgan fingerprint density at radius 3 is 2.95 bits per heavy atom. The summed E-state index contributed by atoms with van der Waals surface area (Å²) in [6.07, 6.45) is 2.15. The van der Waals surface area contributed by atoms with Gasteiger partial charge >= 0.3 is 0 Å². The van der Waals surface area contributed by atoms with E-state index in [0.29, 0.717) is 0 Å². The lowest BCUT2D eigenvalue weighted by atomic mass is 10.1. The van der Waals surface area contributed by atoms with E-state index in [0.717, 1.165) is 23.8 Å². The fourth-order valence-electron chi connectivity index (χ4n) is 2.43. The Kier molecular flexibility index (Phi) is 3.36. The third-order valence-electron chi connectivity index (χ3n) is 3.27. The van der Waals surface area contributed by atoms with Gasteiger partial charge in [0.15, 0.2) is 0 Å². The Morgan fingerprint density at radius 2 is 2.21 bits per heavy atom. The standard InChI is InChI=1S/C15H17N3S/c1-11-17-13(10-19-11)9-18-7-6-14-12(8-16-2)4-3-5-15(14)18/h3-7,10,16H,8-9H2,1-2H3. The molecule has 19 heavy (non-hydrogen) atoms. The second-order valence-corrected chi connectivity index (χ2v) is 5.74. The molecular weight excluding hydrogens is 254 g/mol. The summed E-state index contributed by atoms with van der Waals surface area (Å²) >= 11 is 1.71. The molecule has 0 bridgehead atoms. The van der Waals surface area contributed by atoms with E-state index >= 15 is 0 Å². The first-order valence-electron chi connectivity index (χ1n) is 6.40. The number of rotatable bonds is 4. The molecule has 3 rings (SSSR count). The topological polar surface area (TPSA) is 29.9 Å². The van der Waals surface area contributed by atoms with Gasteiger partial charge in [-0.3, -0.25) is 0 Å². The van der Waals surface area contributed by atoms with Crippen LogP contribution in [0.1, 0.15) is 16.3 Å². The summed E-state index contributed by atoms with van der Waals surface area (Å²) in [4.78, 5) is 4.54. The van der Waals surface area contributed by atoms with E-state index in [1.54, 1.807) is 11.3 Å². The molecule has 3 nitrogen and oxygen atoms in total. The highest BCUT2D eigenvalue weighted by Crippen LogP contribution is 2.21. The molecule has 0 aliphatic heterocycles. The van der Waals surface area contributed by atoms with Crippen molar-refractivity contribution in [3.8, 4) is 0 Å². The van der Waals surface area contributed by atoms with E-state index in [-0.39, 0.29) is 0 Å². The van der Waals surface area contributed by atoms with Gasteiger partial charge in [0.05, 0.1) is 17.2 Å². The Morgan fingerprint density at radius 1 is 1.32 bits per heavy atom. The van der Waals surface area contributed by atoms with Gasteiger partial charge in [0, 0.05) is 29.0 Å². The molecule has 0 saturated carbocycles. The van der Waals surface area contributed by atoms with Gasteiger partial charge in [0.25, 0.3) is 0 Å². The van der Waals surface area contributed by atoms with E-state index < -0.39 is 0 Å². The van der Waals surface area contributed by atoms with Crippen LogP contribution in [0.15, 0.2) is 35.8 Å². The molecule has 0 spiro atoms. The summed E-state index contributed by atoms with van der Waals surface area (Å²) < 4.78 is 2.27. The first-order valence-corrected chi connectivity index (χ1v) is 7.28. The zero-order valence-electron chi connectivity index (χ0n) is 11.2. The predicted molar refractivity (Wildman–Crippen MR) is 80.7 cm³/mol. The van der Waals surface area contributed by atoms with Crippen LogP contribution in [0.4, 0.5) is 0 Å². The molecule has 0 saturated heterocycles. The molecule has 4 heteroatoms. The number of nitrogens with zero attached hydrogens (tertiary/aromatic N) is 2. The number of aryl methyl sites for hydroxylation is 1. The van der Waals surface area contributed by atoms with Crippen LogP contribution in [0.5, 0.6) is 0 Å². The summed E-state index contributed by atoms with van der Waals surface area (Å²) in [7, 11) is 1.98. The molecule has 0 amide bonds. The maximum atomic E-state index is 4.54. The normalized spacial score (nSPS) is 11.3. The van der Waals surface area contributed by atoms with Crippen molar-refractivity contribution in [1.82, 2.24) is 14.9 Å². The highest BCUT2D eigenvalue weighted by molar-refractivity contribution is 7.09. The number of nitrogens with one attached hydrogen (secondary N) is 1. The number of aromatic nitrogens is 2. The smallest absolute Gasteiger partial charge is 0.0898 e. The summed E-state index contributed by atoms with van der Waals surface area (Å²) in [5, 5.41) is 7.81. The third kappa shape index (κ3) is 2.41. The van der Waals surface area contributed by atoms with Crippen molar-refractivity contribution in [2.75, 3.05) is 7.05 Å². The first kappa shape index (κ1) is 12.4. The Balaban J connectivity index is 1.98. The average Bonchev–Trinajstić information content (AvgIpc) is 2.99. The van der Waals surface area contributed by atoms with Gasteiger partial charge in [-0.15, -0.1) is 11.3 Å². The molecule has 3 aromatic rings. The number of hydrogen-bond donors (Lipinski definition) is 1. The molecule has 98 valence electrons. The molecule has 2 aromatic heterocycles. The van der Waals surface area contributed by atoms with Crippen molar-refractivity contribution in [3.63, 3.8) is 0 Å². The van der Waals surface area contributed by atoms with E-state index in [2.05, 4.69) is 50.7 Å². The molecule has 2 heterocycles. The number of hydrogen-bond acceptors (Lipinski definition) is 3. The van der Waals surface area contributed by atoms with E-state index in [4.69, 9.17) is 0 Å². The van der Waals surface area contributed by atoms with Crippen LogP contribution in [0.2, 0.25) is 0 Å². The fraction of sp³-hybridized carbons (Fsp3) is 0.267. The van der Waals surface area contributed by atoms with Crippen molar-refractivity contribution in [2.24, 2.45) is 0 Å². The fourth-order valence-corrected chi connectivity index (χ4v) is 3.03. The number of benzene rings is 1. The highest BCUT2D eigenvalue weighted by atomic mass is 32.1. The third-order valence-corrected chi connectivity index (χ3v) is 4.09. The molecular formula is C15H17N3S. The quantitative estimate of drug-likeness (QED) is 0.790. The van der Waals surface area contributed by atoms with Gasteiger partial charge < -0.3 is 9.88 Å². The zero-order chi connectivity index (χ0) is 13.2. The second kappa shape index (κ2) is 5.15. The number of thiazole rings is 1. The summed E-state index contributed by atoms with van der Waals surface area (Å²) in [6.45, 7) is 3.79. The van der Waals surface area contributed by atoms with Crippen molar-refractivity contribution in [3.05, 3.63) is 52.1 Å². The minimum Gasteiger partial charge on any atom is -0.341 e. The molecule has 0 aliphatic carbocycles. The Hall–Kier alpha value is -1.65. The van der Waals surface area contributed by atoms with Crippen molar-refractivity contribution < 1.29 is 0 Å². The van der Waals surface area contributed by atoms with Gasteiger partial charge in [-0.2, -0.15) is 0 Å². The predicted octanol–water partition coefficient (Wildman–Crippen LogP) is 3.17. The second-order valence-electron chi connectivity index (χ2n) is 4.68. The van der Waals surface area contributed by atoms with Crippen molar-refractivity contribution in [2.45, 2.75) is 20.0 Å². The number of fused-ring (bicyclic) bond motifs is 1. The van der Waals surface area contributed by atoms with Crippen LogP contribution < -0.4 is 5.32 Å². The first-order chi connectivity index (χ1) is 9.28. The van der Waals surface area contributed by atoms with Gasteiger partial charge in [-0.25, -0.2) is 4.98 Å². The van der Waals surface area contributed by atoms with Crippen LogP contribution in [-0.4, -0.2) is 16.6 Å².